The van der Waals surface area contributed by atoms with Gasteiger partial charge in [-0.25, -0.2) is 14.8 Å². The van der Waals surface area contributed by atoms with E-state index in [2.05, 4.69) is 36.8 Å². The molecule has 4 N–H and O–H groups in total. The molecule has 4 rings (SSSR count). The van der Waals surface area contributed by atoms with Crippen LogP contribution in [0.4, 0.5) is 10.6 Å². The van der Waals surface area contributed by atoms with Crippen LogP contribution >= 0.6 is 11.3 Å². The Morgan fingerprint density at radius 3 is 2.67 bits per heavy atom. The number of amides is 3. The number of hydrogen-bond donors (Lipinski definition) is 4. The van der Waals surface area contributed by atoms with Gasteiger partial charge in [-0.1, -0.05) is 36.4 Å². The lowest BCUT2D eigenvalue weighted by Crippen LogP contribution is -2.41. The van der Waals surface area contributed by atoms with Crippen LogP contribution in [0.5, 0.6) is 0 Å². The van der Waals surface area contributed by atoms with Gasteiger partial charge in [0.2, 0.25) is 5.91 Å². The molecule has 2 aromatic heterocycles. The molecule has 10 heteroatoms. The van der Waals surface area contributed by atoms with Crippen LogP contribution in [-0.2, 0) is 4.79 Å². The number of urea groups is 1. The van der Waals surface area contributed by atoms with Crippen molar-refractivity contribution in [2.24, 2.45) is 0 Å². The fourth-order valence-corrected chi connectivity index (χ4v) is 3.89. The molecule has 0 spiro atoms. The van der Waals surface area contributed by atoms with Crippen LogP contribution < -0.4 is 21.5 Å². The van der Waals surface area contributed by atoms with E-state index in [-0.39, 0.29) is 5.56 Å². The maximum atomic E-state index is 12.5. The summed E-state index contributed by atoms with van der Waals surface area (Å²) in [5, 5.41) is 10.3. The molecule has 2 heterocycles. The van der Waals surface area contributed by atoms with Crippen LogP contribution in [0.2, 0.25) is 0 Å². The SMILES string of the molecule is C#Cc1nc(NC(=O)NC(C(=O)NC)c2ccc(-c3cccc4nc[nH]c(=O)c34)cc2)cs1. The summed E-state index contributed by atoms with van der Waals surface area (Å²) in [6.45, 7) is 0. The number of likely N-dealkylation sites (N-methyl/N-ethyl adjacent to an activating group) is 1. The van der Waals surface area contributed by atoms with E-state index in [1.54, 1.807) is 35.7 Å². The van der Waals surface area contributed by atoms with Gasteiger partial charge in [0, 0.05) is 12.4 Å². The molecule has 0 aliphatic rings. The van der Waals surface area contributed by atoms with E-state index in [0.29, 0.717) is 32.9 Å². The summed E-state index contributed by atoms with van der Waals surface area (Å²) in [5.74, 6) is 2.29. The van der Waals surface area contributed by atoms with Gasteiger partial charge in [0.25, 0.3) is 5.56 Å². The lowest BCUT2D eigenvalue weighted by Gasteiger charge is -2.18. The Bertz CT molecular complexity index is 1430. The molecule has 164 valence electrons. The Morgan fingerprint density at radius 1 is 1.18 bits per heavy atom. The van der Waals surface area contributed by atoms with Gasteiger partial charge >= 0.3 is 6.03 Å². The predicted molar refractivity (Wildman–Crippen MR) is 127 cm³/mol. The third-order valence-corrected chi connectivity index (χ3v) is 5.65. The van der Waals surface area contributed by atoms with E-state index >= 15 is 0 Å². The van der Waals surface area contributed by atoms with Gasteiger partial charge in [0.05, 0.1) is 17.2 Å². The molecule has 33 heavy (non-hydrogen) atoms. The molecule has 0 fully saturated rings. The average molecular weight is 459 g/mol. The number of fused-ring (bicyclic) bond motifs is 1. The molecule has 0 aliphatic carbocycles. The molecule has 2 aromatic carbocycles. The molecule has 0 saturated carbocycles. The number of rotatable bonds is 5. The first-order valence-electron chi connectivity index (χ1n) is 9.78. The van der Waals surface area contributed by atoms with Gasteiger partial charge in [-0.2, -0.15) is 0 Å². The first-order chi connectivity index (χ1) is 16.0. The first-order valence-corrected chi connectivity index (χ1v) is 10.7. The van der Waals surface area contributed by atoms with Crippen molar-refractivity contribution in [3.63, 3.8) is 0 Å². The van der Waals surface area contributed by atoms with E-state index in [0.717, 1.165) is 5.56 Å². The summed E-state index contributed by atoms with van der Waals surface area (Å²) in [5.41, 5.74) is 2.38. The highest BCUT2D eigenvalue weighted by Crippen LogP contribution is 2.27. The standard InChI is InChI=1S/C23H18N6O3S/c1-3-18-27-17(11-33-18)28-23(32)29-20(22(31)24-2)14-9-7-13(8-10-14)15-5-4-6-16-19(15)21(30)26-12-25-16/h1,4-12,20H,2H3,(H,24,31)(H,25,26,30)(H2,28,29,32). The largest absolute Gasteiger partial charge is 0.357 e. The number of nitrogens with zero attached hydrogens (tertiary/aromatic N) is 2. The maximum Gasteiger partial charge on any atom is 0.321 e. The van der Waals surface area contributed by atoms with Gasteiger partial charge in [-0.15, -0.1) is 17.8 Å². The van der Waals surface area contributed by atoms with Crippen molar-refractivity contribution in [2.75, 3.05) is 12.4 Å². The second kappa shape index (κ2) is 9.33. The van der Waals surface area contributed by atoms with Crippen molar-refractivity contribution in [1.29, 1.82) is 0 Å². The topological polar surface area (TPSA) is 129 Å². The van der Waals surface area contributed by atoms with Gasteiger partial charge < -0.3 is 15.6 Å². The zero-order valence-electron chi connectivity index (χ0n) is 17.4. The van der Waals surface area contributed by atoms with E-state index in [4.69, 9.17) is 6.42 Å². The highest BCUT2D eigenvalue weighted by atomic mass is 32.1. The molecule has 1 atom stereocenters. The Morgan fingerprint density at radius 2 is 1.97 bits per heavy atom. The highest BCUT2D eigenvalue weighted by Gasteiger charge is 2.22. The van der Waals surface area contributed by atoms with Crippen LogP contribution in [0.25, 0.3) is 22.0 Å². The van der Waals surface area contributed by atoms with Crippen molar-refractivity contribution in [3.8, 4) is 23.5 Å². The quantitative estimate of drug-likeness (QED) is 0.342. The normalized spacial score (nSPS) is 11.4. The predicted octanol–water partition coefficient (Wildman–Crippen LogP) is 2.64. The summed E-state index contributed by atoms with van der Waals surface area (Å²) < 4.78 is 0. The molecule has 0 radical (unpaired) electrons. The van der Waals surface area contributed by atoms with Crippen LogP contribution in [0.3, 0.4) is 0 Å². The number of aromatic nitrogens is 3. The second-order valence-corrected chi connectivity index (χ2v) is 7.74. The summed E-state index contributed by atoms with van der Waals surface area (Å²) in [6, 6.07) is 10.9. The van der Waals surface area contributed by atoms with Crippen molar-refractivity contribution >= 4 is 40.0 Å². The smallest absolute Gasteiger partial charge is 0.321 e. The minimum atomic E-state index is -0.952. The van der Waals surface area contributed by atoms with Crippen molar-refractivity contribution in [1.82, 2.24) is 25.6 Å². The molecule has 1 unspecified atom stereocenters. The van der Waals surface area contributed by atoms with Gasteiger partial charge in [0.1, 0.15) is 11.9 Å². The van der Waals surface area contributed by atoms with Crippen molar-refractivity contribution in [3.05, 3.63) is 75.1 Å². The minimum absolute atomic E-state index is 0.240. The number of thiazole rings is 1. The molecule has 0 aliphatic heterocycles. The summed E-state index contributed by atoms with van der Waals surface area (Å²) in [4.78, 5) is 48.1. The number of nitrogens with one attached hydrogen (secondary N) is 4. The van der Waals surface area contributed by atoms with Crippen LogP contribution in [0, 0.1) is 12.3 Å². The summed E-state index contributed by atoms with van der Waals surface area (Å²) in [6.07, 6.45) is 6.66. The zero-order chi connectivity index (χ0) is 23.4. The van der Waals surface area contributed by atoms with Crippen molar-refractivity contribution < 1.29 is 9.59 Å². The van der Waals surface area contributed by atoms with E-state index in [1.165, 1.54) is 24.7 Å². The van der Waals surface area contributed by atoms with Crippen LogP contribution in [0.1, 0.15) is 16.6 Å². The average Bonchev–Trinajstić information content (AvgIpc) is 3.29. The molecule has 0 saturated heterocycles. The molecule has 0 bridgehead atoms. The first kappa shape index (κ1) is 21.7. The third-order valence-electron chi connectivity index (χ3n) is 4.88. The monoisotopic (exact) mass is 458 g/mol. The molecule has 3 amide bonds. The Hall–Kier alpha value is -4.49. The molecule has 9 nitrogen and oxygen atoms in total. The Balaban J connectivity index is 1.60. The fourth-order valence-electron chi connectivity index (χ4n) is 3.34. The van der Waals surface area contributed by atoms with E-state index in [1.807, 2.05) is 12.1 Å². The highest BCUT2D eigenvalue weighted by molar-refractivity contribution is 7.10. The lowest BCUT2D eigenvalue weighted by molar-refractivity contribution is -0.122. The number of H-pyrrole nitrogens is 1. The van der Waals surface area contributed by atoms with Gasteiger partial charge in [-0.3, -0.25) is 14.9 Å². The number of carbonyl (C=O) groups excluding carboxylic acids is 2. The number of terminal acetylenes is 1. The number of carbonyl (C=O) groups is 2. The van der Waals surface area contributed by atoms with Crippen LogP contribution in [-0.4, -0.2) is 33.9 Å². The number of benzene rings is 2. The fraction of sp³-hybridized carbons (Fsp3) is 0.0870. The van der Waals surface area contributed by atoms with Gasteiger partial charge in [0.15, 0.2) is 5.01 Å². The summed E-state index contributed by atoms with van der Waals surface area (Å²) >= 11 is 1.22. The zero-order valence-corrected chi connectivity index (χ0v) is 18.2. The Kier molecular flexibility index (Phi) is 6.15. The number of aromatic amines is 1. The Labute approximate surface area is 192 Å². The minimum Gasteiger partial charge on any atom is -0.357 e. The molecular weight excluding hydrogens is 440 g/mol. The molecular formula is C23H18N6O3S. The van der Waals surface area contributed by atoms with Gasteiger partial charge in [-0.05, 0) is 28.7 Å². The summed E-state index contributed by atoms with van der Waals surface area (Å²) in [7, 11) is 1.48. The number of anilines is 1. The van der Waals surface area contributed by atoms with Crippen molar-refractivity contribution in [2.45, 2.75) is 6.04 Å². The van der Waals surface area contributed by atoms with E-state index < -0.39 is 18.0 Å². The second-order valence-electron chi connectivity index (χ2n) is 6.88. The number of hydrogen-bond acceptors (Lipinski definition) is 6. The lowest BCUT2D eigenvalue weighted by atomic mass is 9.98. The van der Waals surface area contributed by atoms with E-state index in [9.17, 15) is 14.4 Å². The molecule has 4 aromatic rings. The maximum absolute atomic E-state index is 12.5. The van der Waals surface area contributed by atoms with Crippen LogP contribution in [0.15, 0.2) is 59.0 Å². The third kappa shape index (κ3) is 4.58.